The van der Waals surface area contributed by atoms with Crippen LogP contribution in [0.3, 0.4) is 0 Å². The molecule has 0 spiro atoms. The van der Waals surface area contributed by atoms with E-state index in [1.807, 2.05) is 18.9 Å². The van der Waals surface area contributed by atoms with Gasteiger partial charge in [0.2, 0.25) is 0 Å². The van der Waals surface area contributed by atoms with Crippen molar-refractivity contribution in [2.45, 2.75) is 13.5 Å². The fourth-order valence-corrected chi connectivity index (χ4v) is 1.66. The summed E-state index contributed by atoms with van der Waals surface area (Å²) < 4.78 is 6.31. The minimum absolute atomic E-state index is 0.0513. The molecule has 0 amide bonds. The molecule has 7 nitrogen and oxygen atoms in total. The number of carboxylic acids is 1. The van der Waals surface area contributed by atoms with E-state index in [4.69, 9.17) is 9.52 Å². The number of hydrogen-bond donors (Lipinski definition) is 1. The van der Waals surface area contributed by atoms with Crippen molar-refractivity contribution in [1.82, 2.24) is 9.78 Å². The van der Waals surface area contributed by atoms with Gasteiger partial charge in [-0.2, -0.15) is 5.10 Å². The van der Waals surface area contributed by atoms with Crippen molar-refractivity contribution >= 4 is 11.7 Å². The summed E-state index contributed by atoms with van der Waals surface area (Å²) in [4.78, 5) is 24.6. The van der Waals surface area contributed by atoms with Crippen LogP contribution in [0.15, 0.2) is 33.8 Å². The van der Waals surface area contributed by atoms with E-state index in [2.05, 4.69) is 5.10 Å². The van der Waals surface area contributed by atoms with Gasteiger partial charge in [-0.25, -0.2) is 9.48 Å². The van der Waals surface area contributed by atoms with Crippen molar-refractivity contribution in [3.8, 4) is 0 Å². The Balaban J connectivity index is 2.21. The largest absolute Gasteiger partial charge is 0.478 e. The number of hydrogen-bond acceptors (Lipinski definition) is 5. The van der Waals surface area contributed by atoms with E-state index in [1.165, 1.54) is 16.8 Å². The highest BCUT2D eigenvalue weighted by Gasteiger charge is 2.10. The predicted octanol–water partition coefficient (Wildman–Crippen LogP) is 1.04. The molecule has 0 fully saturated rings. The average Bonchev–Trinajstić information content (AvgIpc) is 2.89. The summed E-state index contributed by atoms with van der Waals surface area (Å²) in [5, 5.41) is 12.8. The molecule has 0 aromatic carbocycles. The molecule has 20 heavy (non-hydrogen) atoms. The Kier molecular flexibility index (Phi) is 3.88. The third kappa shape index (κ3) is 2.87. The van der Waals surface area contributed by atoms with Gasteiger partial charge in [0, 0.05) is 19.7 Å². The zero-order chi connectivity index (χ0) is 14.7. The molecule has 0 unspecified atom stereocenters. The van der Waals surface area contributed by atoms with Gasteiger partial charge in [0.05, 0.1) is 17.4 Å². The number of carbonyl (C=O) groups is 1. The fourth-order valence-electron chi connectivity index (χ4n) is 1.66. The van der Waals surface area contributed by atoms with Crippen LogP contribution in [0, 0.1) is 0 Å². The highest BCUT2D eigenvalue weighted by molar-refractivity contribution is 5.87. The third-order valence-electron chi connectivity index (χ3n) is 2.98. The summed E-state index contributed by atoms with van der Waals surface area (Å²) in [5.74, 6) is -0.700. The minimum atomic E-state index is -1.07. The van der Waals surface area contributed by atoms with Crippen LogP contribution in [0.5, 0.6) is 0 Å². The Morgan fingerprint density at radius 2 is 2.25 bits per heavy atom. The van der Waals surface area contributed by atoms with Crippen molar-refractivity contribution < 1.29 is 14.3 Å². The second-order valence-electron chi connectivity index (χ2n) is 4.33. The first kappa shape index (κ1) is 13.9. The molecule has 2 rings (SSSR count). The number of furan rings is 1. The van der Waals surface area contributed by atoms with Crippen LogP contribution in [0.25, 0.3) is 0 Å². The Bertz CT molecular complexity index is 674. The standard InChI is InChI=1S/C13H15N3O4/c1-3-15(2)10-5-12(17)16(14-6-10)7-11-4-9(8-20-11)13(18)19/h4-6,8H,3,7H2,1-2H3,(H,18,19). The monoisotopic (exact) mass is 277 g/mol. The molecule has 0 aliphatic heterocycles. The van der Waals surface area contributed by atoms with Crippen molar-refractivity contribution in [3.63, 3.8) is 0 Å². The molecule has 2 aromatic rings. The Morgan fingerprint density at radius 1 is 1.50 bits per heavy atom. The van der Waals surface area contributed by atoms with E-state index in [0.29, 0.717) is 5.76 Å². The number of rotatable bonds is 5. The smallest absolute Gasteiger partial charge is 0.338 e. The van der Waals surface area contributed by atoms with Gasteiger partial charge >= 0.3 is 5.97 Å². The number of carboxylic acid groups (broad SMARTS) is 1. The van der Waals surface area contributed by atoms with E-state index in [-0.39, 0.29) is 17.7 Å². The molecule has 0 saturated carbocycles. The number of anilines is 1. The second-order valence-corrected chi connectivity index (χ2v) is 4.33. The summed E-state index contributed by atoms with van der Waals surface area (Å²) in [6.45, 7) is 2.84. The van der Waals surface area contributed by atoms with E-state index in [1.54, 1.807) is 6.20 Å². The molecule has 0 radical (unpaired) electrons. The summed E-state index contributed by atoms with van der Waals surface area (Å²) >= 11 is 0. The average molecular weight is 277 g/mol. The predicted molar refractivity (Wildman–Crippen MR) is 72.2 cm³/mol. The van der Waals surface area contributed by atoms with Gasteiger partial charge in [-0.3, -0.25) is 4.79 Å². The van der Waals surface area contributed by atoms with Crippen LogP contribution >= 0.6 is 0 Å². The molecular formula is C13H15N3O4. The summed E-state index contributed by atoms with van der Waals surface area (Å²) in [6.07, 6.45) is 2.73. The molecule has 2 heterocycles. The van der Waals surface area contributed by atoms with Gasteiger partial charge in [0.25, 0.3) is 5.56 Å². The van der Waals surface area contributed by atoms with Crippen molar-refractivity contribution in [3.05, 3.63) is 46.3 Å². The lowest BCUT2D eigenvalue weighted by Crippen LogP contribution is -2.25. The fraction of sp³-hybridized carbons (Fsp3) is 0.308. The first-order chi connectivity index (χ1) is 9.51. The molecule has 0 aliphatic carbocycles. The second kappa shape index (κ2) is 5.60. The molecule has 2 aromatic heterocycles. The normalized spacial score (nSPS) is 10.5. The Hall–Kier alpha value is -2.57. The van der Waals surface area contributed by atoms with Gasteiger partial charge in [0.1, 0.15) is 18.6 Å². The minimum Gasteiger partial charge on any atom is -0.478 e. The number of aromatic nitrogens is 2. The van der Waals surface area contributed by atoms with Crippen LogP contribution in [0.1, 0.15) is 23.0 Å². The number of aromatic carboxylic acids is 1. The van der Waals surface area contributed by atoms with E-state index < -0.39 is 5.97 Å². The molecular weight excluding hydrogens is 262 g/mol. The molecule has 0 atom stereocenters. The first-order valence-corrected chi connectivity index (χ1v) is 6.10. The molecule has 106 valence electrons. The Labute approximate surface area is 115 Å². The summed E-state index contributed by atoms with van der Waals surface area (Å²) in [7, 11) is 1.87. The van der Waals surface area contributed by atoms with Crippen LogP contribution in [0.4, 0.5) is 5.69 Å². The summed E-state index contributed by atoms with van der Waals surface area (Å²) in [5.41, 5.74) is 0.519. The van der Waals surface area contributed by atoms with E-state index in [0.717, 1.165) is 18.5 Å². The van der Waals surface area contributed by atoms with Crippen LogP contribution in [-0.2, 0) is 6.54 Å². The van der Waals surface area contributed by atoms with Crippen LogP contribution in [-0.4, -0.2) is 34.4 Å². The molecule has 1 N–H and O–H groups in total. The third-order valence-corrected chi connectivity index (χ3v) is 2.98. The summed E-state index contributed by atoms with van der Waals surface area (Å²) in [6, 6.07) is 2.86. The lowest BCUT2D eigenvalue weighted by molar-refractivity contribution is 0.0696. The van der Waals surface area contributed by atoms with Crippen LogP contribution in [0.2, 0.25) is 0 Å². The quantitative estimate of drug-likeness (QED) is 0.878. The molecule has 0 aliphatic rings. The molecule has 0 saturated heterocycles. The van der Waals surface area contributed by atoms with E-state index in [9.17, 15) is 9.59 Å². The SMILES string of the molecule is CCN(C)c1cnn(Cc2cc(C(=O)O)co2)c(=O)c1. The first-order valence-electron chi connectivity index (χ1n) is 6.10. The zero-order valence-corrected chi connectivity index (χ0v) is 11.2. The topological polar surface area (TPSA) is 88.6 Å². The maximum atomic E-state index is 11.9. The van der Waals surface area contributed by atoms with Crippen LogP contribution < -0.4 is 10.5 Å². The van der Waals surface area contributed by atoms with Crippen molar-refractivity contribution in [2.75, 3.05) is 18.5 Å². The van der Waals surface area contributed by atoms with Gasteiger partial charge in [-0.15, -0.1) is 0 Å². The zero-order valence-electron chi connectivity index (χ0n) is 11.2. The van der Waals surface area contributed by atoms with Crippen molar-refractivity contribution in [2.24, 2.45) is 0 Å². The highest BCUT2D eigenvalue weighted by atomic mass is 16.4. The van der Waals surface area contributed by atoms with Gasteiger partial charge in [-0.05, 0) is 13.0 Å². The van der Waals surface area contributed by atoms with E-state index >= 15 is 0 Å². The van der Waals surface area contributed by atoms with Gasteiger partial charge < -0.3 is 14.4 Å². The van der Waals surface area contributed by atoms with Gasteiger partial charge in [0.15, 0.2) is 0 Å². The van der Waals surface area contributed by atoms with Gasteiger partial charge in [-0.1, -0.05) is 0 Å². The highest BCUT2D eigenvalue weighted by Crippen LogP contribution is 2.10. The number of nitrogens with zero attached hydrogens (tertiary/aromatic N) is 3. The Morgan fingerprint density at radius 3 is 2.80 bits per heavy atom. The molecule has 7 heteroatoms. The van der Waals surface area contributed by atoms with Crippen molar-refractivity contribution in [1.29, 1.82) is 0 Å². The lowest BCUT2D eigenvalue weighted by atomic mass is 10.3. The lowest BCUT2D eigenvalue weighted by Gasteiger charge is -2.16. The maximum absolute atomic E-state index is 11.9. The maximum Gasteiger partial charge on any atom is 0.338 e. The molecule has 0 bridgehead atoms.